The molecule has 0 aliphatic rings. The van der Waals surface area contributed by atoms with E-state index in [0.29, 0.717) is 6.61 Å². The standard InChI is InChI=1S/C16H23FN2O/c1-12(19)13-6-7-15(14(17)10-13)20-9-5-4-8-16(2,3)11-18/h6-7,10,12H,4-5,8-9,19H2,1-3H3/t12-/m1/s1. The third-order valence-corrected chi connectivity index (χ3v) is 3.24. The zero-order valence-corrected chi connectivity index (χ0v) is 12.4. The zero-order chi connectivity index (χ0) is 15.2. The molecule has 4 heteroatoms. The van der Waals surface area contributed by atoms with Gasteiger partial charge in [-0.25, -0.2) is 4.39 Å². The molecule has 1 rings (SSSR count). The smallest absolute Gasteiger partial charge is 0.165 e. The van der Waals surface area contributed by atoms with Crippen molar-refractivity contribution in [1.82, 2.24) is 0 Å². The second kappa shape index (κ2) is 7.25. The Hall–Kier alpha value is -1.60. The van der Waals surface area contributed by atoms with Crippen LogP contribution in [-0.4, -0.2) is 6.61 Å². The first-order valence-corrected chi connectivity index (χ1v) is 6.95. The number of nitrogens with two attached hydrogens (primary N) is 1. The predicted octanol–water partition coefficient (Wildman–Crippen LogP) is 3.94. The van der Waals surface area contributed by atoms with E-state index >= 15 is 0 Å². The number of benzene rings is 1. The van der Waals surface area contributed by atoms with Crippen LogP contribution < -0.4 is 10.5 Å². The minimum absolute atomic E-state index is 0.188. The Labute approximate surface area is 120 Å². The Morgan fingerprint density at radius 2 is 2.10 bits per heavy atom. The summed E-state index contributed by atoms with van der Waals surface area (Å²) < 4.78 is 19.2. The summed E-state index contributed by atoms with van der Waals surface area (Å²) in [6.45, 7) is 6.10. The van der Waals surface area contributed by atoms with E-state index in [1.54, 1.807) is 12.1 Å². The summed E-state index contributed by atoms with van der Waals surface area (Å²) in [5.41, 5.74) is 6.15. The number of hydrogen-bond acceptors (Lipinski definition) is 3. The molecule has 0 aliphatic carbocycles. The maximum absolute atomic E-state index is 13.7. The van der Waals surface area contributed by atoms with E-state index in [-0.39, 0.29) is 23.0 Å². The maximum Gasteiger partial charge on any atom is 0.165 e. The van der Waals surface area contributed by atoms with Gasteiger partial charge < -0.3 is 10.5 Å². The van der Waals surface area contributed by atoms with Crippen LogP contribution in [0.25, 0.3) is 0 Å². The Balaban J connectivity index is 2.38. The monoisotopic (exact) mass is 278 g/mol. The van der Waals surface area contributed by atoms with E-state index in [0.717, 1.165) is 24.8 Å². The molecular formula is C16H23FN2O. The number of unbranched alkanes of at least 4 members (excludes halogenated alkanes) is 1. The normalized spacial score (nSPS) is 12.8. The molecule has 1 aromatic rings. The molecule has 0 amide bonds. The van der Waals surface area contributed by atoms with Gasteiger partial charge in [0.2, 0.25) is 0 Å². The summed E-state index contributed by atoms with van der Waals surface area (Å²) in [5, 5.41) is 8.89. The molecule has 2 N–H and O–H groups in total. The van der Waals surface area contributed by atoms with Crippen LogP contribution in [0, 0.1) is 22.6 Å². The largest absolute Gasteiger partial charge is 0.491 e. The molecule has 0 aliphatic heterocycles. The highest BCUT2D eigenvalue weighted by molar-refractivity contribution is 5.30. The summed E-state index contributed by atoms with van der Waals surface area (Å²) in [7, 11) is 0. The van der Waals surface area contributed by atoms with Gasteiger partial charge in [0.15, 0.2) is 11.6 Å². The third kappa shape index (κ3) is 5.18. The topological polar surface area (TPSA) is 59.0 Å². The van der Waals surface area contributed by atoms with Gasteiger partial charge in [-0.15, -0.1) is 0 Å². The van der Waals surface area contributed by atoms with Crippen LogP contribution in [0.5, 0.6) is 5.75 Å². The summed E-state index contributed by atoms with van der Waals surface area (Å²) in [5.74, 6) is -0.119. The quantitative estimate of drug-likeness (QED) is 0.768. The first-order chi connectivity index (χ1) is 9.35. The molecule has 20 heavy (non-hydrogen) atoms. The Kier molecular flexibility index (Phi) is 5.97. The lowest BCUT2D eigenvalue weighted by molar-refractivity contribution is 0.282. The molecule has 0 saturated carbocycles. The number of nitrogens with zero attached hydrogens (tertiary/aromatic N) is 1. The molecule has 0 unspecified atom stereocenters. The van der Waals surface area contributed by atoms with Crippen molar-refractivity contribution in [1.29, 1.82) is 5.26 Å². The van der Waals surface area contributed by atoms with Crippen molar-refractivity contribution in [3.63, 3.8) is 0 Å². The van der Waals surface area contributed by atoms with Gasteiger partial charge in [0.25, 0.3) is 0 Å². The highest BCUT2D eigenvalue weighted by atomic mass is 19.1. The van der Waals surface area contributed by atoms with Crippen LogP contribution in [0.2, 0.25) is 0 Å². The Bertz CT molecular complexity index is 478. The molecule has 0 saturated heterocycles. The van der Waals surface area contributed by atoms with Crippen LogP contribution in [-0.2, 0) is 0 Å². The SMILES string of the molecule is C[C@@H](N)c1ccc(OCCCCC(C)(C)C#N)c(F)c1. The Morgan fingerprint density at radius 3 is 2.65 bits per heavy atom. The van der Waals surface area contributed by atoms with E-state index in [2.05, 4.69) is 6.07 Å². The molecule has 0 aromatic heterocycles. The van der Waals surface area contributed by atoms with E-state index in [1.165, 1.54) is 6.07 Å². The minimum atomic E-state index is -0.378. The van der Waals surface area contributed by atoms with Crippen molar-refractivity contribution in [3.05, 3.63) is 29.6 Å². The van der Waals surface area contributed by atoms with Crippen molar-refractivity contribution in [3.8, 4) is 11.8 Å². The summed E-state index contributed by atoms with van der Waals surface area (Å²) >= 11 is 0. The van der Waals surface area contributed by atoms with Gasteiger partial charge in [0.1, 0.15) is 0 Å². The second-order valence-electron chi connectivity index (χ2n) is 5.78. The van der Waals surface area contributed by atoms with Crippen molar-refractivity contribution in [2.75, 3.05) is 6.61 Å². The maximum atomic E-state index is 13.7. The molecule has 0 fully saturated rings. The summed E-state index contributed by atoms with van der Waals surface area (Å²) in [4.78, 5) is 0. The summed E-state index contributed by atoms with van der Waals surface area (Å²) in [6, 6.07) is 6.89. The first-order valence-electron chi connectivity index (χ1n) is 6.95. The van der Waals surface area contributed by atoms with Gasteiger partial charge in [0, 0.05) is 6.04 Å². The van der Waals surface area contributed by atoms with E-state index in [1.807, 2.05) is 20.8 Å². The average molecular weight is 278 g/mol. The van der Waals surface area contributed by atoms with E-state index in [4.69, 9.17) is 15.7 Å². The third-order valence-electron chi connectivity index (χ3n) is 3.24. The lowest BCUT2D eigenvalue weighted by Crippen LogP contribution is -2.09. The number of nitriles is 1. The molecular weight excluding hydrogens is 255 g/mol. The van der Waals surface area contributed by atoms with Crippen molar-refractivity contribution >= 4 is 0 Å². The van der Waals surface area contributed by atoms with Gasteiger partial charge in [-0.3, -0.25) is 0 Å². The number of ether oxygens (including phenoxy) is 1. The van der Waals surface area contributed by atoms with Crippen molar-refractivity contribution in [2.24, 2.45) is 11.1 Å². The molecule has 1 atom stereocenters. The van der Waals surface area contributed by atoms with Crippen LogP contribution in [0.3, 0.4) is 0 Å². The average Bonchev–Trinajstić information content (AvgIpc) is 2.39. The number of halogens is 1. The van der Waals surface area contributed by atoms with E-state index in [9.17, 15) is 4.39 Å². The molecule has 0 spiro atoms. The Morgan fingerprint density at radius 1 is 1.40 bits per heavy atom. The van der Waals surface area contributed by atoms with Gasteiger partial charge in [-0.05, 0) is 57.7 Å². The highest BCUT2D eigenvalue weighted by Crippen LogP contribution is 2.23. The first kappa shape index (κ1) is 16.5. The lowest BCUT2D eigenvalue weighted by Gasteiger charge is -2.14. The molecule has 3 nitrogen and oxygen atoms in total. The fourth-order valence-electron chi connectivity index (χ4n) is 1.82. The molecule has 110 valence electrons. The molecule has 0 bridgehead atoms. The highest BCUT2D eigenvalue weighted by Gasteiger charge is 2.15. The predicted molar refractivity (Wildman–Crippen MR) is 77.7 cm³/mol. The molecule has 0 radical (unpaired) electrons. The minimum Gasteiger partial charge on any atom is -0.491 e. The summed E-state index contributed by atoms with van der Waals surface area (Å²) in [6.07, 6.45) is 2.51. The van der Waals surface area contributed by atoms with E-state index < -0.39 is 0 Å². The van der Waals surface area contributed by atoms with Crippen molar-refractivity contribution < 1.29 is 9.13 Å². The molecule has 0 heterocycles. The number of hydrogen-bond donors (Lipinski definition) is 1. The van der Waals surface area contributed by atoms with Gasteiger partial charge in [-0.1, -0.05) is 6.07 Å². The van der Waals surface area contributed by atoms with Gasteiger partial charge in [-0.2, -0.15) is 5.26 Å². The van der Waals surface area contributed by atoms with Crippen LogP contribution in [0.15, 0.2) is 18.2 Å². The van der Waals surface area contributed by atoms with Crippen molar-refractivity contribution in [2.45, 2.75) is 46.1 Å². The number of rotatable bonds is 7. The fraction of sp³-hybridized carbons (Fsp3) is 0.562. The lowest BCUT2D eigenvalue weighted by atomic mass is 9.89. The van der Waals surface area contributed by atoms with Crippen LogP contribution in [0.4, 0.5) is 4.39 Å². The molecule has 1 aromatic carbocycles. The second-order valence-corrected chi connectivity index (χ2v) is 5.78. The van der Waals surface area contributed by atoms with Gasteiger partial charge >= 0.3 is 0 Å². The van der Waals surface area contributed by atoms with Gasteiger partial charge in [0.05, 0.1) is 18.1 Å². The zero-order valence-electron chi connectivity index (χ0n) is 12.4. The fourth-order valence-corrected chi connectivity index (χ4v) is 1.82. The van der Waals surface area contributed by atoms with Crippen LogP contribution in [0.1, 0.15) is 51.6 Å². The van der Waals surface area contributed by atoms with Crippen LogP contribution >= 0.6 is 0 Å².